The molecule has 0 spiro atoms. The van der Waals surface area contributed by atoms with E-state index >= 15 is 0 Å². The predicted molar refractivity (Wildman–Crippen MR) is 118 cm³/mol. The van der Waals surface area contributed by atoms with E-state index in [2.05, 4.69) is 37.3 Å². The van der Waals surface area contributed by atoms with Crippen molar-refractivity contribution in [3.8, 4) is 22.9 Å². The van der Waals surface area contributed by atoms with E-state index in [9.17, 15) is 4.79 Å². The fourth-order valence-corrected chi connectivity index (χ4v) is 4.64. The van der Waals surface area contributed by atoms with Gasteiger partial charge in [0.05, 0.1) is 16.1 Å². The van der Waals surface area contributed by atoms with Crippen LogP contribution in [0.25, 0.3) is 33.9 Å². The Balaban J connectivity index is 1.68. The molecule has 9 heteroatoms. The van der Waals surface area contributed by atoms with Crippen molar-refractivity contribution in [3.05, 3.63) is 45.8 Å². The van der Waals surface area contributed by atoms with E-state index in [1.54, 1.807) is 12.4 Å². The summed E-state index contributed by atoms with van der Waals surface area (Å²) in [4.78, 5) is 27.7. The first kappa shape index (κ1) is 19.9. The van der Waals surface area contributed by atoms with E-state index < -0.39 is 5.76 Å². The van der Waals surface area contributed by atoms with Crippen molar-refractivity contribution in [3.63, 3.8) is 0 Å². The number of aryl methyl sites for hydroxylation is 1. The molecule has 5 rings (SSSR count). The molecule has 0 saturated heterocycles. The maximum Gasteiger partial charge on any atom is 0.439 e. The Labute approximate surface area is 183 Å². The number of hydrogen-bond acceptors (Lipinski definition) is 6. The molecule has 0 bridgehead atoms. The summed E-state index contributed by atoms with van der Waals surface area (Å²) in [7, 11) is 0. The maximum atomic E-state index is 11.5. The maximum absolute atomic E-state index is 11.5. The summed E-state index contributed by atoms with van der Waals surface area (Å²) < 4.78 is 6.92. The number of hydrogen-bond donors (Lipinski definition) is 1. The number of nitrogens with one attached hydrogen (secondary N) is 1. The summed E-state index contributed by atoms with van der Waals surface area (Å²) in [5.74, 6) is 1.27. The highest BCUT2D eigenvalue weighted by molar-refractivity contribution is 6.30. The molecule has 0 aliphatic heterocycles. The van der Waals surface area contributed by atoms with Crippen molar-refractivity contribution >= 4 is 22.6 Å². The second-order valence-electron chi connectivity index (χ2n) is 8.52. The lowest BCUT2D eigenvalue weighted by Crippen LogP contribution is -2.17. The number of pyridine rings is 1. The molecule has 160 valence electrons. The van der Waals surface area contributed by atoms with Gasteiger partial charge in [0.25, 0.3) is 0 Å². The van der Waals surface area contributed by atoms with Gasteiger partial charge in [-0.3, -0.25) is 14.5 Å². The average Bonchev–Trinajstić information content (AvgIpc) is 3.32. The summed E-state index contributed by atoms with van der Waals surface area (Å²) >= 11 is 6.23. The molecule has 4 heterocycles. The van der Waals surface area contributed by atoms with Gasteiger partial charge < -0.3 is 4.57 Å². The summed E-state index contributed by atoms with van der Waals surface area (Å²) in [6, 6.07) is 1.83. The van der Waals surface area contributed by atoms with E-state index in [0.717, 1.165) is 34.6 Å². The van der Waals surface area contributed by atoms with Crippen LogP contribution < -0.4 is 5.76 Å². The minimum absolute atomic E-state index is 0.191. The van der Waals surface area contributed by atoms with Gasteiger partial charge in [0.2, 0.25) is 11.6 Å². The number of rotatable bonds is 4. The normalized spacial score (nSPS) is 19.2. The molecular formula is C22H23ClN6O2. The van der Waals surface area contributed by atoms with Gasteiger partial charge in [0.15, 0.2) is 0 Å². The topological polar surface area (TPSA) is 102 Å². The predicted octanol–water partition coefficient (Wildman–Crippen LogP) is 4.62. The Bertz CT molecular complexity index is 1300. The molecule has 0 amide bonds. The highest BCUT2D eigenvalue weighted by Crippen LogP contribution is 2.35. The lowest BCUT2D eigenvalue weighted by molar-refractivity contribution is 0.267. The average molecular weight is 439 g/mol. The van der Waals surface area contributed by atoms with Gasteiger partial charge in [-0.05, 0) is 43.2 Å². The number of nitrogens with zero attached hydrogens (tertiary/aromatic N) is 5. The van der Waals surface area contributed by atoms with E-state index in [0.29, 0.717) is 22.5 Å². The Morgan fingerprint density at radius 1 is 1.23 bits per heavy atom. The molecular weight excluding hydrogens is 416 g/mol. The molecule has 1 saturated carbocycles. The fourth-order valence-electron chi connectivity index (χ4n) is 4.47. The van der Waals surface area contributed by atoms with Crippen molar-refractivity contribution in [1.82, 2.24) is 29.7 Å². The van der Waals surface area contributed by atoms with E-state index in [4.69, 9.17) is 21.6 Å². The third-order valence-electron chi connectivity index (χ3n) is 6.11. The van der Waals surface area contributed by atoms with Crippen LogP contribution in [0.4, 0.5) is 0 Å². The zero-order valence-corrected chi connectivity index (χ0v) is 18.2. The van der Waals surface area contributed by atoms with Gasteiger partial charge in [-0.1, -0.05) is 36.5 Å². The molecule has 1 fully saturated rings. The molecule has 1 aliphatic carbocycles. The molecule has 31 heavy (non-hydrogen) atoms. The van der Waals surface area contributed by atoms with Crippen LogP contribution in [0, 0.1) is 18.8 Å². The van der Waals surface area contributed by atoms with Crippen molar-refractivity contribution in [2.75, 3.05) is 0 Å². The summed E-state index contributed by atoms with van der Waals surface area (Å²) in [5, 5.41) is 4.29. The van der Waals surface area contributed by atoms with Gasteiger partial charge >= 0.3 is 5.76 Å². The van der Waals surface area contributed by atoms with Crippen LogP contribution in [0.5, 0.6) is 0 Å². The van der Waals surface area contributed by atoms with E-state index in [-0.39, 0.29) is 5.82 Å². The van der Waals surface area contributed by atoms with Crippen molar-refractivity contribution in [2.24, 2.45) is 11.8 Å². The molecule has 0 atom stereocenters. The molecule has 4 aromatic rings. The Morgan fingerprint density at radius 2 is 2.03 bits per heavy atom. The van der Waals surface area contributed by atoms with E-state index in [1.165, 1.54) is 25.7 Å². The molecule has 0 aromatic carbocycles. The molecule has 1 aliphatic rings. The van der Waals surface area contributed by atoms with Crippen LogP contribution >= 0.6 is 11.6 Å². The van der Waals surface area contributed by atoms with Crippen LogP contribution in [0.15, 0.2) is 34.0 Å². The first-order valence-electron chi connectivity index (χ1n) is 10.5. The quantitative estimate of drug-likeness (QED) is 0.498. The highest BCUT2D eigenvalue weighted by Gasteiger charge is 2.23. The van der Waals surface area contributed by atoms with E-state index in [1.807, 2.05) is 13.0 Å². The second-order valence-corrected chi connectivity index (χ2v) is 8.96. The Morgan fingerprint density at radius 3 is 2.74 bits per heavy atom. The third-order valence-corrected chi connectivity index (χ3v) is 6.32. The van der Waals surface area contributed by atoms with Crippen molar-refractivity contribution < 1.29 is 4.52 Å². The van der Waals surface area contributed by atoms with Gasteiger partial charge in [-0.15, -0.1) is 0 Å². The molecule has 0 radical (unpaired) electrons. The third kappa shape index (κ3) is 3.87. The first-order chi connectivity index (χ1) is 15.0. The van der Waals surface area contributed by atoms with Crippen LogP contribution in [0.3, 0.4) is 0 Å². The fraction of sp³-hybridized carbons (Fsp3) is 0.409. The highest BCUT2D eigenvalue weighted by atomic mass is 35.5. The largest absolute Gasteiger partial charge is 0.439 e. The van der Waals surface area contributed by atoms with Crippen LogP contribution in [-0.2, 0) is 6.54 Å². The summed E-state index contributed by atoms with van der Waals surface area (Å²) in [6.07, 6.45) is 10.5. The summed E-state index contributed by atoms with van der Waals surface area (Å²) in [6.45, 7) is 5.28. The van der Waals surface area contributed by atoms with Crippen LogP contribution in [0.1, 0.15) is 38.2 Å². The minimum atomic E-state index is -0.648. The smallest absolute Gasteiger partial charge is 0.344 e. The molecule has 4 aromatic heterocycles. The molecule has 0 unspecified atom stereocenters. The second kappa shape index (κ2) is 7.92. The van der Waals surface area contributed by atoms with Crippen molar-refractivity contribution in [1.29, 1.82) is 0 Å². The number of H-pyrrole nitrogens is 1. The lowest BCUT2D eigenvalue weighted by atomic mass is 9.83. The van der Waals surface area contributed by atoms with Gasteiger partial charge in [0, 0.05) is 30.7 Å². The molecule has 8 nitrogen and oxygen atoms in total. The van der Waals surface area contributed by atoms with Crippen LogP contribution in [0.2, 0.25) is 5.02 Å². The zero-order valence-electron chi connectivity index (χ0n) is 17.4. The summed E-state index contributed by atoms with van der Waals surface area (Å²) in [5.41, 5.74) is 4.27. The number of aromatic amines is 1. The standard InChI is InChI=1S/C22H23ClN6O2/c1-12-3-5-14(6-4-12)11-29-10-13(2)17-19(29)18(15-7-16(23)9-24-8-15)26-20(25-17)21-27-22(30)31-28-21/h7-10,12,14H,3-6,11H2,1-2H3,(H,27,28,30). The zero-order chi connectivity index (χ0) is 21.5. The van der Waals surface area contributed by atoms with Gasteiger partial charge in [-0.2, -0.15) is 0 Å². The number of fused-ring (bicyclic) bond motifs is 1. The number of halogens is 1. The number of aromatic nitrogens is 6. The monoisotopic (exact) mass is 438 g/mol. The van der Waals surface area contributed by atoms with Gasteiger partial charge in [-0.25, -0.2) is 14.8 Å². The SMILES string of the molecule is Cc1cn(CC2CCC(C)CC2)c2c(-c3cncc(Cl)c3)nc(-c3noc(=O)[nH]3)nc12. The molecule has 1 N–H and O–H groups in total. The van der Waals surface area contributed by atoms with Crippen LogP contribution in [-0.4, -0.2) is 29.7 Å². The Hall–Kier alpha value is -3.00. The van der Waals surface area contributed by atoms with Gasteiger partial charge in [0.1, 0.15) is 5.69 Å². The van der Waals surface area contributed by atoms with Crippen molar-refractivity contribution in [2.45, 2.75) is 46.1 Å². The minimum Gasteiger partial charge on any atom is -0.344 e. The lowest BCUT2D eigenvalue weighted by Gasteiger charge is -2.26. The Kier molecular flexibility index (Phi) is 5.09. The first-order valence-corrected chi connectivity index (χ1v) is 10.9.